The second kappa shape index (κ2) is 22.3. The van der Waals surface area contributed by atoms with E-state index in [0.29, 0.717) is 0 Å². The smallest absolute Gasteiger partial charge is 0.133 e. The summed E-state index contributed by atoms with van der Waals surface area (Å²) in [7, 11) is 0. The van der Waals surface area contributed by atoms with Crippen LogP contribution in [0.4, 0.5) is 0 Å². The summed E-state index contributed by atoms with van der Waals surface area (Å²) in [6, 6.07) is 13.5. The maximum atomic E-state index is 6.32. The normalized spacial score (nSPS) is 11.7. The summed E-state index contributed by atoms with van der Waals surface area (Å²) in [5.41, 5.74) is 2.96. The first-order chi connectivity index (χ1) is 20.4. The maximum Gasteiger partial charge on any atom is 0.133 e. The van der Waals surface area contributed by atoms with Crippen LogP contribution < -0.4 is 4.74 Å². The Kier molecular flexibility index (Phi) is 19.7. The standard InChI is InChI=1S/C39H63OS2/c1-6-9-12-13-14-15-16-17-18-19-20-21-22-25-33-26-24-27-36(41)38(33)42-37-32-34(39(4,5)30-23-10-7-2)28-29-35(37)40-31-11-8-3/h24,26-29,32H,6-23,25,30-31H2,1-5H3. The molecule has 1 radical (unpaired) electrons. The number of hydrogen-bond donors (Lipinski definition) is 0. The van der Waals surface area contributed by atoms with E-state index >= 15 is 0 Å². The fourth-order valence-corrected chi connectivity index (χ4v) is 7.17. The van der Waals surface area contributed by atoms with Crippen LogP contribution in [-0.2, 0) is 11.8 Å². The van der Waals surface area contributed by atoms with Crippen molar-refractivity contribution in [2.45, 2.75) is 183 Å². The van der Waals surface area contributed by atoms with Crippen molar-refractivity contribution in [2.75, 3.05) is 6.61 Å². The number of unbranched alkanes of at least 4 members (excludes halogenated alkanes) is 15. The summed E-state index contributed by atoms with van der Waals surface area (Å²) in [6.07, 6.45) is 26.5. The van der Waals surface area contributed by atoms with E-state index in [-0.39, 0.29) is 5.41 Å². The second-order valence-corrected chi connectivity index (χ2v) is 14.5. The first-order valence-electron chi connectivity index (χ1n) is 17.7. The van der Waals surface area contributed by atoms with Gasteiger partial charge in [0.2, 0.25) is 0 Å². The van der Waals surface area contributed by atoms with Crippen LogP contribution in [-0.4, -0.2) is 6.61 Å². The zero-order valence-electron chi connectivity index (χ0n) is 28.0. The lowest BCUT2D eigenvalue weighted by molar-refractivity contribution is 0.302. The molecule has 0 aliphatic rings. The summed E-state index contributed by atoms with van der Waals surface area (Å²) in [5, 5.41) is 0. The van der Waals surface area contributed by atoms with Gasteiger partial charge in [0.05, 0.1) is 16.4 Å². The molecular weight excluding hydrogens is 549 g/mol. The molecule has 0 fully saturated rings. The molecule has 237 valence electrons. The fraction of sp³-hybridized carbons (Fsp3) is 0.692. The second-order valence-electron chi connectivity index (χ2n) is 13.0. The molecule has 0 heterocycles. The zero-order valence-corrected chi connectivity index (χ0v) is 29.7. The summed E-state index contributed by atoms with van der Waals surface area (Å²) >= 11 is 7.74. The average molecular weight is 612 g/mol. The topological polar surface area (TPSA) is 9.23 Å². The van der Waals surface area contributed by atoms with E-state index in [1.807, 2.05) is 11.8 Å². The monoisotopic (exact) mass is 611 g/mol. The molecule has 42 heavy (non-hydrogen) atoms. The molecule has 0 aromatic heterocycles. The van der Waals surface area contributed by atoms with E-state index in [4.69, 9.17) is 17.4 Å². The van der Waals surface area contributed by atoms with Crippen molar-refractivity contribution in [3.8, 4) is 5.75 Å². The van der Waals surface area contributed by atoms with Gasteiger partial charge in [-0.05, 0) is 60.4 Å². The Morgan fingerprint density at radius 1 is 0.667 bits per heavy atom. The lowest BCUT2D eigenvalue weighted by atomic mass is 9.80. The van der Waals surface area contributed by atoms with Crippen molar-refractivity contribution in [2.24, 2.45) is 0 Å². The van der Waals surface area contributed by atoms with E-state index in [9.17, 15) is 0 Å². The number of ether oxygens (including phenoxy) is 1. The SMILES string of the molecule is CCCCCCCCCCCCCCCc1cccc([S])c1Sc1cc(C(C)(C)CCCCC)ccc1OCCCC. The number of hydrogen-bond acceptors (Lipinski definition) is 2. The van der Waals surface area contributed by atoms with E-state index in [1.54, 1.807) is 0 Å². The molecule has 3 heteroatoms. The van der Waals surface area contributed by atoms with Crippen LogP contribution in [0, 0.1) is 0 Å². The molecule has 1 nitrogen and oxygen atoms in total. The zero-order chi connectivity index (χ0) is 30.5. The van der Waals surface area contributed by atoms with E-state index in [2.05, 4.69) is 71.0 Å². The molecule has 0 aliphatic carbocycles. The Hall–Kier alpha value is -1.19. The van der Waals surface area contributed by atoms with Crippen molar-refractivity contribution in [1.29, 1.82) is 0 Å². The Morgan fingerprint density at radius 2 is 1.24 bits per heavy atom. The molecule has 0 amide bonds. The van der Waals surface area contributed by atoms with Gasteiger partial charge in [-0.2, -0.15) is 0 Å². The highest BCUT2D eigenvalue weighted by molar-refractivity contribution is 8.00. The van der Waals surface area contributed by atoms with Gasteiger partial charge >= 0.3 is 0 Å². The van der Waals surface area contributed by atoms with E-state index in [1.165, 1.54) is 130 Å². The molecule has 0 N–H and O–H groups in total. The first-order valence-corrected chi connectivity index (χ1v) is 18.9. The van der Waals surface area contributed by atoms with Crippen LogP contribution in [0.3, 0.4) is 0 Å². The first kappa shape index (κ1) is 37.0. The van der Waals surface area contributed by atoms with Crippen molar-refractivity contribution in [1.82, 2.24) is 0 Å². The number of benzene rings is 2. The van der Waals surface area contributed by atoms with Crippen LogP contribution in [0.25, 0.3) is 0 Å². The van der Waals surface area contributed by atoms with E-state index < -0.39 is 0 Å². The number of aryl methyl sites for hydroxylation is 1. The predicted molar refractivity (Wildman–Crippen MR) is 190 cm³/mol. The summed E-state index contributed by atoms with van der Waals surface area (Å²) in [4.78, 5) is 3.45. The number of rotatable bonds is 25. The molecule has 0 atom stereocenters. The van der Waals surface area contributed by atoms with Crippen LogP contribution in [0.2, 0.25) is 0 Å². The average Bonchev–Trinajstić information content (AvgIpc) is 2.97. The fourth-order valence-electron chi connectivity index (χ4n) is 5.73. The Bertz CT molecular complexity index is 967. The van der Waals surface area contributed by atoms with Crippen LogP contribution in [0.1, 0.15) is 168 Å². The molecule has 0 unspecified atom stereocenters. The molecule has 0 spiro atoms. The third-order valence-corrected chi connectivity index (χ3v) is 10.4. The van der Waals surface area contributed by atoms with Crippen molar-refractivity contribution in [3.05, 3.63) is 47.5 Å². The minimum Gasteiger partial charge on any atom is -0.492 e. The largest absolute Gasteiger partial charge is 0.492 e. The molecule has 0 saturated heterocycles. The highest BCUT2D eigenvalue weighted by Gasteiger charge is 2.22. The Morgan fingerprint density at radius 3 is 1.86 bits per heavy atom. The van der Waals surface area contributed by atoms with Gasteiger partial charge < -0.3 is 4.74 Å². The summed E-state index contributed by atoms with van der Waals surface area (Å²) in [5.74, 6) is 1.01. The van der Waals surface area contributed by atoms with Crippen molar-refractivity contribution in [3.63, 3.8) is 0 Å². The highest BCUT2D eigenvalue weighted by Crippen LogP contribution is 2.43. The van der Waals surface area contributed by atoms with Gasteiger partial charge in [-0.25, -0.2) is 0 Å². The van der Waals surface area contributed by atoms with Gasteiger partial charge in [0.1, 0.15) is 5.75 Å². The molecule has 2 aromatic rings. The van der Waals surface area contributed by atoms with Gasteiger partial charge in [0.15, 0.2) is 0 Å². The van der Waals surface area contributed by atoms with Gasteiger partial charge in [-0.1, -0.05) is 180 Å². The van der Waals surface area contributed by atoms with E-state index in [0.717, 1.165) is 36.5 Å². The third kappa shape index (κ3) is 14.5. The minimum atomic E-state index is 0.150. The molecule has 2 rings (SSSR count). The molecule has 0 saturated carbocycles. The molecule has 0 bridgehead atoms. The van der Waals surface area contributed by atoms with Gasteiger partial charge in [-0.15, -0.1) is 0 Å². The van der Waals surface area contributed by atoms with Crippen LogP contribution in [0.5, 0.6) is 5.75 Å². The van der Waals surface area contributed by atoms with Gasteiger partial charge in [0.25, 0.3) is 0 Å². The summed E-state index contributed by atoms with van der Waals surface area (Å²) < 4.78 is 6.32. The lowest BCUT2D eigenvalue weighted by Crippen LogP contribution is -2.17. The minimum absolute atomic E-state index is 0.150. The summed E-state index contributed by atoms with van der Waals surface area (Å²) in [6.45, 7) is 12.4. The Balaban J connectivity index is 1.96. The van der Waals surface area contributed by atoms with Gasteiger partial charge in [0, 0.05) is 4.90 Å². The molecular formula is C39H63OS2. The molecule has 2 aromatic carbocycles. The van der Waals surface area contributed by atoms with Crippen molar-refractivity contribution >= 4 is 24.4 Å². The predicted octanol–water partition coefficient (Wildman–Crippen LogP) is 14.1. The van der Waals surface area contributed by atoms with Gasteiger partial charge in [-0.3, -0.25) is 0 Å². The Labute approximate surface area is 271 Å². The van der Waals surface area contributed by atoms with Crippen LogP contribution in [0.15, 0.2) is 51.1 Å². The van der Waals surface area contributed by atoms with Crippen molar-refractivity contribution < 1.29 is 4.74 Å². The molecule has 0 aliphatic heterocycles. The maximum absolute atomic E-state index is 6.32. The lowest BCUT2D eigenvalue weighted by Gasteiger charge is -2.27. The third-order valence-electron chi connectivity index (χ3n) is 8.71. The van der Waals surface area contributed by atoms with Crippen LogP contribution >= 0.6 is 24.4 Å². The quantitative estimate of drug-likeness (QED) is 0.103. The highest BCUT2D eigenvalue weighted by atomic mass is 32.2.